The van der Waals surface area contributed by atoms with Crippen molar-refractivity contribution in [3.8, 4) is 5.75 Å². The highest BCUT2D eigenvalue weighted by Gasteiger charge is 2.52. The number of allylic oxidation sites excluding steroid dienone is 1. The van der Waals surface area contributed by atoms with Gasteiger partial charge in [0.25, 0.3) is 0 Å². The number of esters is 5. The molecule has 12 heteroatoms. The summed E-state index contributed by atoms with van der Waals surface area (Å²) < 4.78 is 31.9. The van der Waals surface area contributed by atoms with E-state index in [2.05, 4.69) is 0 Å². The van der Waals surface area contributed by atoms with Gasteiger partial charge in [-0.25, -0.2) is 0 Å². The number of benzene rings is 1. The van der Waals surface area contributed by atoms with Gasteiger partial charge in [0, 0.05) is 41.0 Å². The van der Waals surface area contributed by atoms with Crippen LogP contribution in [0.4, 0.5) is 0 Å². The maximum absolute atomic E-state index is 12.8. The van der Waals surface area contributed by atoms with Crippen molar-refractivity contribution in [2.75, 3.05) is 6.61 Å². The molecule has 0 aliphatic carbocycles. The smallest absolute Gasteiger partial charge is 0.308 e. The number of hydrogen-bond donors (Lipinski definition) is 0. The summed E-state index contributed by atoms with van der Waals surface area (Å²) in [6.45, 7) is 5.41. The van der Waals surface area contributed by atoms with Crippen molar-refractivity contribution in [2.45, 2.75) is 71.6 Å². The van der Waals surface area contributed by atoms with Crippen LogP contribution in [0.15, 0.2) is 30.3 Å². The Morgan fingerprint density at radius 1 is 0.711 bits per heavy atom. The Kier molecular flexibility index (Phi) is 11.1. The Bertz CT molecular complexity index is 1070. The first kappa shape index (κ1) is 30.2. The van der Waals surface area contributed by atoms with Crippen LogP contribution in [0.25, 0.3) is 6.08 Å². The molecule has 1 aromatic rings. The second-order valence-corrected chi connectivity index (χ2v) is 8.40. The topological polar surface area (TPSA) is 158 Å². The van der Waals surface area contributed by atoms with Crippen molar-refractivity contribution in [1.82, 2.24) is 0 Å². The third-order valence-corrected chi connectivity index (χ3v) is 5.09. The van der Waals surface area contributed by atoms with E-state index < -0.39 is 66.1 Å². The van der Waals surface area contributed by atoms with E-state index in [1.165, 1.54) is 26.0 Å². The van der Waals surface area contributed by atoms with Gasteiger partial charge >= 0.3 is 29.8 Å². The molecule has 0 spiro atoms. The van der Waals surface area contributed by atoms with Gasteiger partial charge in [0.15, 0.2) is 24.1 Å². The first-order valence-electron chi connectivity index (χ1n) is 11.7. The van der Waals surface area contributed by atoms with E-state index >= 15 is 0 Å². The molecule has 0 unspecified atom stereocenters. The van der Waals surface area contributed by atoms with E-state index in [1.54, 1.807) is 24.3 Å². The van der Waals surface area contributed by atoms with Crippen LogP contribution in [0.1, 0.15) is 46.6 Å². The number of ether oxygens (including phenoxy) is 6. The van der Waals surface area contributed by atoms with Gasteiger partial charge in [-0.15, -0.1) is 0 Å². The van der Waals surface area contributed by atoms with Gasteiger partial charge in [-0.1, -0.05) is 18.2 Å². The molecule has 0 amide bonds. The molecule has 0 radical (unpaired) electrons. The number of carbonyl (C=O) groups excluding carboxylic acids is 6. The Hall–Kier alpha value is -4.06. The predicted molar refractivity (Wildman–Crippen MR) is 128 cm³/mol. The molecule has 0 N–H and O–H groups in total. The molecule has 0 bridgehead atoms. The van der Waals surface area contributed by atoms with Crippen LogP contribution in [0, 0.1) is 0 Å². The normalized spacial score (nSPS) is 22.7. The van der Waals surface area contributed by atoms with E-state index in [-0.39, 0.29) is 13.0 Å². The molecule has 12 nitrogen and oxygen atoms in total. The van der Waals surface area contributed by atoms with E-state index in [0.717, 1.165) is 20.8 Å². The summed E-state index contributed by atoms with van der Waals surface area (Å²) in [4.78, 5) is 70.8. The van der Waals surface area contributed by atoms with Crippen LogP contribution in [-0.2, 0) is 52.5 Å². The second-order valence-electron chi connectivity index (χ2n) is 8.40. The van der Waals surface area contributed by atoms with Gasteiger partial charge in [-0.05, 0) is 23.8 Å². The minimum Gasteiger partial charge on any atom is -0.463 e. The Morgan fingerprint density at radius 2 is 1.24 bits per heavy atom. The molecular weight excluding hydrogens is 504 g/mol. The third kappa shape index (κ3) is 9.77. The van der Waals surface area contributed by atoms with Gasteiger partial charge in [0.1, 0.15) is 24.6 Å². The van der Waals surface area contributed by atoms with Gasteiger partial charge < -0.3 is 28.4 Å². The Morgan fingerprint density at radius 3 is 1.74 bits per heavy atom. The van der Waals surface area contributed by atoms with Crippen molar-refractivity contribution in [2.24, 2.45) is 0 Å². The van der Waals surface area contributed by atoms with Crippen molar-refractivity contribution >= 4 is 41.7 Å². The fourth-order valence-corrected chi connectivity index (χ4v) is 3.75. The highest BCUT2D eigenvalue weighted by molar-refractivity contribution is 5.94. The molecule has 0 saturated carbocycles. The molecule has 1 fully saturated rings. The molecule has 5 atom stereocenters. The molecule has 38 heavy (non-hydrogen) atoms. The molecule has 1 heterocycles. The molecule has 1 aliphatic heterocycles. The summed E-state index contributed by atoms with van der Waals surface area (Å²) >= 11 is 0. The Balaban J connectivity index is 2.30. The Labute approximate surface area is 219 Å². The summed E-state index contributed by atoms with van der Waals surface area (Å²) in [7, 11) is 0. The average Bonchev–Trinajstić information content (AvgIpc) is 2.80. The van der Waals surface area contributed by atoms with E-state index in [4.69, 9.17) is 28.4 Å². The van der Waals surface area contributed by atoms with Gasteiger partial charge in [-0.3, -0.25) is 28.8 Å². The minimum atomic E-state index is -1.34. The molecule has 0 aromatic heterocycles. The average molecular weight is 535 g/mol. The number of carbonyl (C=O) groups is 6. The summed E-state index contributed by atoms with van der Waals surface area (Å²) in [6, 6.07) is 6.39. The number of hydrogen-bond acceptors (Lipinski definition) is 12. The zero-order chi connectivity index (χ0) is 28.4. The SMILES string of the molecule is CC(=O)OC[C@H]1O[C@@H](CC(=O)/C=C/c2ccc(OC(C)=O)cc2)[C@H](OC(C)=O)[C@@H](OC(C)=O)[C@@H]1OC(C)=O. The zero-order valence-electron chi connectivity index (χ0n) is 21.7. The molecule has 206 valence electrons. The number of ketones is 1. The standard InChI is InChI=1S/C26H30O12/c1-14(27)33-13-23-25(36-17(4)30)26(37-18(5)31)24(35-16(3)29)22(38-23)12-20(32)9-6-19-7-10-21(11-8-19)34-15(2)28/h6-11,22-26H,12-13H2,1-5H3/b9-6+/t22-,23+,24-,25+,26+/m0/s1. The third-order valence-electron chi connectivity index (χ3n) is 5.09. The maximum atomic E-state index is 12.8. The molecule has 2 rings (SSSR count). The lowest BCUT2D eigenvalue weighted by atomic mass is 9.91. The second kappa shape index (κ2) is 14.0. The largest absolute Gasteiger partial charge is 0.463 e. The zero-order valence-corrected chi connectivity index (χ0v) is 21.7. The molecule has 1 aliphatic rings. The van der Waals surface area contributed by atoms with Crippen LogP contribution in [-0.4, -0.2) is 72.8 Å². The van der Waals surface area contributed by atoms with Crippen molar-refractivity contribution < 1.29 is 57.2 Å². The van der Waals surface area contributed by atoms with Crippen LogP contribution in [0.2, 0.25) is 0 Å². The highest BCUT2D eigenvalue weighted by Crippen LogP contribution is 2.31. The molecular formula is C26H30O12. The van der Waals surface area contributed by atoms with Gasteiger partial charge in [0.2, 0.25) is 0 Å². The lowest BCUT2D eigenvalue weighted by Crippen LogP contribution is -2.62. The van der Waals surface area contributed by atoms with Crippen LogP contribution >= 0.6 is 0 Å². The van der Waals surface area contributed by atoms with E-state index in [1.807, 2.05) is 0 Å². The first-order chi connectivity index (χ1) is 17.8. The van der Waals surface area contributed by atoms with Crippen molar-refractivity contribution in [1.29, 1.82) is 0 Å². The fraction of sp³-hybridized carbons (Fsp3) is 0.462. The monoisotopic (exact) mass is 534 g/mol. The molecule has 1 aromatic carbocycles. The summed E-state index contributed by atoms with van der Waals surface area (Å²) in [5, 5.41) is 0. The maximum Gasteiger partial charge on any atom is 0.308 e. The summed E-state index contributed by atoms with van der Waals surface area (Å²) in [5.74, 6) is -3.46. The summed E-state index contributed by atoms with van der Waals surface area (Å²) in [5.41, 5.74) is 0.635. The number of rotatable bonds is 10. The predicted octanol–water partition coefficient (Wildman–Crippen LogP) is 1.71. The quantitative estimate of drug-likeness (QED) is 0.185. The first-order valence-corrected chi connectivity index (χ1v) is 11.7. The van der Waals surface area contributed by atoms with Crippen LogP contribution in [0.3, 0.4) is 0 Å². The highest BCUT2D eigenvalue weighted by atomic mass is 16.7. The van der Waals surface area contributed by atoms with Crippen LogP contribution < -0.4 is 4.74 Å². The molecule has 1 saturated heterocycles. The lowest BCUT2D eigenvalue weighted by molar-refractivity contribution is -0.252. The van der Waals surface area contributed by atoms with Gasteiger partial charge in [-0.2, -0.15) is 0 Å². The minimum absolute atomic E-state index is 0.318. The van der Waals surface area contributed by atoms with E-state index in [9.17, 15) is 28.8 Å². The fourth-order valence-electron chi connectivity index (χ4n) is 3.75. The van der Waals surface area contributed by atoms with Crippen molar-refractivity contribution in [3.05, 3.63) is 35.9 Å². The van der Waals surface area contributed by atoms with Crippen LogP contribution in [0.5, 0.6) is 5.75 Å². The van der Waals surface area contributed by atoms with Gasteiger partial charge in [0.05, 0.1) is 0 Å². The van der Waals surface area contributed by atoms with Crippen molar-refractivity contribution in [3.63, 3.8) is 0 Å². The lowest BCUT2D eigenvalue weighted by Gasteiger charge is -2.44. The van der Waals surface area contributed by atoms with E-state index in [0.29, 0.717) is 11.3 Å². The summed E-state index contributed by atoms with van der Waals surface area (Å²) in [6.07, 6.45) is -3.74.